The van der Waals surface area contributed by atoms with Gasteiger partial charge in [0.1, 0.15) is 18.3 Å². The molecule has 0 spiro atoms. The Morgan fingerprint density at radius 2 is 0.630 bits per heavy atom. The fourth-order valence-electron chi connectivity index (χ4n) is 9.71. The minimum atomic E-state index is -4.41. The molecule has 0 aromatic rings. The number of carbonyl (C=O) groups is 6. The van der Waals surface area contributed by atoms with E-state index in [1.54, 1.807) is 36.5 Å². The number of unbranched alkanes of at least 4 members (excludes halogenated alkanes) is 3. The first-order chi connectivity index (χ1) is 38.3. The minimum Gasteiger partial charge on any atom is -0.462 e. The summed E-state index contributed by atoms with van der Waals surface area (Å²) in [4.78, 5) is 77.7. The lowest BCUT2D eigenvalue weighted by molar-refractivity contribution is -0.150. The summed E-state index contributed by atoms with van der Waals surface area (Å²) in [6, 6.07) is 0. The van der Waals surface area contributed by atoms with Crippen molar-refractivity contribution in [3.8, 4) is 0 Å². The third kappa shape index (κ3) is 26.8. The highest BCUT2D eigenvalue weighted by Crippen LogP contribution is 2.36. The molecule has 1 aliphatic heterocycles. The Morgan fingerprint density at radius 3 is 0.877 bits per heavy atom. The quantitative estimate of drug-likeness (QED) is 0.0616. The summed E-state index contributed by atoms with van der Waals surface area (Å²) < 4.78 is 178. The molecule has 0 aromatic carbocycles. The van der Waals surface area contributed by atoms with E-state index in [2.05, 4.69) is 0 Å². The van der Waals surface area contributed by atoms with E-state index >= 15 is 0 Å². The largest absolute Gasteiger partial charge is 0.462 e. The van der Waals surface area contributed by atoms with Gasteiger partial charge in [0.15, 0.2) is 17.5 Å². The van der Waals surface area contributed by atoms with E-state index in [9.17, 15) is 81.5 Å². The Kier molecular flexibility index (Phi) is 28.4. The maximum atomic E-state index is 14.7. The topological polar surface area (TPSA) is 130 Å². The van der Waals surface area contributed by atoms with Crippen LogP contribution in [0.2, 0.25) is 0 Å². The van der Waals surface area contributed by atoms with Gasteiger partial charge in [0.25, 0.3) is 0 Å². The average Bonchev–Trinajstić information content (AvgIpc) is 3.94. The van der Waals surface area contributed by atoms with E-state index in [0.29, 0.717) is 19.3 Å². The number of fused-ring (bicyclic) bond motifs is 3. The number of esters is 3. The number of halogens is 12. The van der Waals surface area contributed by atoms with Gasteiger partial charge in [-0.2, -0.15) is 39.5 Å². The van der Waals surface area contributed by atoms with Crippen molar-refractivity contribution in [2.75, 3.05) is 0 Å². The van der Waals surface area contributed by atoms with Crippen molar-refractivity contribution in [1.29, 1.82) is 0 Å². The fraction of sp³-hybridized carbons (Fsp3) is 0.600. The van der Waals surface area contributed by atoms with E-state index in [-0.39, 0.29) is 152 Å². The van der Waals surface area contributed by atoms with Crippen LogP contribution in [0.25, 0.3) is 0 Å². The van der Waals surface area contributed by atoms with Crippen molar-refractivity contribution >= 4 is 35.3 Å². The molecule has 0 unspecified atom stereocenters. The standard InChI is InChI=1S/C60H72F12O9/c61-49-37-40-19-7-1-4-10-25-52(73)79-43(22-13-16-34-58(64,65)66)29-32-47-41(38-50(62)56(47)77)20-8-3-6-12-27-54(75)81-45(24-15-18-36-60(70,71)72)30-33-48-42(39-51(63)57(48)78)21-9-2-5-11-26-53(74)80-44(28-31-46(40)55(49)76)23-14-17-35-59(67,68)69/h1-3,7-9,31-33,37-45H,4-6,10-30,34-36H2/b7-1-,8-3-,9-2-,46-31+,47-32+,48-33+/t40-,41-,42-,43-,44-,45-/m0/s1. The summed E-state index contributed by atoms with van der Waals surface area (Å²) in [5.41, 5.74) is 0.176. The third-order valence-electron chi connectivity index (χ3n) is 14.0. The Hall–Kier alpha value is -5.76. The zero-order valence-electron chi connectivity index (χ0n) is 45.2. The number of hydrogen-bond donors (Lipinski definition) is 0. The molecule has 4 aliphatic rings. The van der Waals surface area contributed by atoms with Gasteiger partial charge in [0.2, 0.25) is 17.3 Å². The van der Waals surface area contributed by atoms with E-state index in [4.69, 9.17) is 14.2 Å². The summed E-state index contributed by atoms with van der Waals surface area (Å²) in [5.74, 6) is -9.97. The number of Topliss-reactive ketones (excluding diaryl/α,β-unsaturated/α-hetero) is 3. The van der Waals surface area contributed by atoms with Crippen LogP contribution in [0, 0.1) is 17.8 Å². The normalized spacial score (nSPS) is 28.0. The number of carbonyl (C=O) groups excluding carboxylic acids is 6. The molecule has 81 heavy (non-hydrogen) atoms. The van der Waals surface area contributed by atoms with E-state index < -0.39 is 127 Å². The fourth-order valence-corrected chi connectivity index (χ4v) is 9.71. The maximum Gasteiger partial charge on any atom is 0.389 e. The van der Waals surface area contributed by atoms with Crippen LogP contribution in [0.4, 0.5) is 52.7 Å². The molecule has 6 atom stereocenters. The smallest absolute Gasteiger partial charge is 0.389 e. The predicted octanol–water partition coefficient (Wildman–Crippen LogP) is 16.6. The summed E-state index contributed by atoms with van der Waals surface area (Å²) >= 11 is 0. The summed E-state index contributed by atoms with van der Waals surface area (Å²) in [5, 5.41) is 0. The van der Waals surface area contributed by atoms with Gasteiger partial charge in [0, 0.05) is 92.3 Å². The molecule has 0 fully saturated rings. The van der Waals surface area contributed by atoms with Gasteiger partial charge in [-0.15, -0.1) is 0 Å². The number of hydrogen-bond acceptors (Lipinski definition) is 9. The van der Waals surface area contributed by atoms with Gasteiger partial charge in [-0.3, -0.25) is 28.8 Å². The maximum absolute atomic E-state index is 14.7. The van der Waals surface area contributed by atoms with Gasteiger partial charge in [-0.1, -0.05) is 54.7 Å². The zero-order chi connectivity index (χ0) is 59.6. The Labute approximate surface area is 464 Å². The summed E-state index contributed by atoms with van der Waals surface area (Å²) in [7, 11) is 0. The Bertz CT molecular complexity index is 2160. The Balaban J connectivity index is 1.54. The van der Waals surface area contributed by atoms with Crippen LogP contribution in [0.15, 0.2) is 107 Å². The molecule has 0 saturated carbocycles. The molecule has 21 heteroatoms. The van der Waals surface area contributed by atoms with Gasteiger partial charge in [-0.05, 0) is 134 Å². The van der Waals surface area contributed by atoms with Crippen LogP contribution >= 0.6 is 0 Å². The average molecular weight is 1170 g/mol. The monoisotopic (exact) mass is 1160 g/mol. The van der Waals surface area contributed by atoms with Crippen molar-refractivity contribution < 1.29 is 95.7 Å². The molecular formula is C60H72F12O9. The zero-order valence-corrected chi connectivity index (χ0v) is 45.2. The molecule has 450 valence electrons. The molecule has 0 bridgehead atoms. The molecule has 0 aromatic heterocycles. The van der Waals surface area contributed by atoms with Crippen molar-refractivity contribution in [2.45, 2.75) is 210 Å². The van der Waals surface area contributed by atoms with Gasteiger partial charge >= 0.3 is 36.4 Å². The number of alkyl halides is 9. The van der Waals surface area contributed by atoms with Crippen LogP contribution in [0.3, 0.4) is 0 Å². The molecule has 0 N–H and O–H groups in total. The van der Waals surface area contributed by atoms with Crippen LogP contribution in [0.5, 0.6) is 0 Å². The number of cyclic esters (lactones) is 3. The first-order valence-corrected chi connectivity index (χ1v) is 27.9. The lowest BCUT2D eigenvalue weighted by atomic mass is 9.95. The van der Waals surface area contributed by atoms with Crippen molar-refractivity contribution in [3.05, 3.63) is 107 Å². The second-order valence-electron chi connectivity index (χ2n) is 20.8. The van der Waals surface area contributed by atoms with Crippen LogP contribution in [-0.2, 0) is 43.0 Å². The van der Waals surface area contributed by atoms with Gasteiger partial charge in [-0.25, -0.2) is 13.2 Å². The lowest BCUT2D eigenvalue weighted by Crippen LogP contribution is -2.19. The van der Waals surface area contributed by atoms with Crippen LogP contribution in [-0.4, -0.2) is 72.1 Å². The van der Waals surface area contributed by atoms with Gasteiger partial charge < -0.3 is 14.2 Å². The first kappa shape index (κ1) is 67.7. The minimum absolute atomic E-state index is 0.00967. The highest BCUT2D eigenvalue weighted by Gasteiger charge is 2.34. The SMILES string of the molecule is O=C1CCC/C=C\C[C@H]2C=C(F)C(=O)/C2=C/C[C@H](CCCCC(F)(F)F)OC(=O)CCC/C=C\C[C@H]2C=C(F)C(=O)/C2=C/C[C@H](CCCCC(F)(F)F)OC(=O)CCC/C=C\C[C@H]2C=C(F)C(=O)/C2=C/C[C@H](CCCCC(F)(F)F)O1. The van der Waals surface area contributed by atoms with E-state index in [0.717, 1.165) is 18.2 Å². The second kappa shape index (κ2) is 34.0. The molecule has 3 aliphatic carbocycles. The van der Waals surface area contributed by atoms with Crippen LogP contribution < -0.4 is 0 Å². The Morgan fingerprint density at radius 1 is 0.370 bits per heavy atom. The number of allylic oxidation sites excluding steroid dienone is 15. The molecule has 0 saturated heterocycles. The van der Waals surface area contributed by atoms with Crippen molar-refractivity contribution in [3.63, 3.8) is 0 Å². The lowest BCUT2D eigenvalue weighted by Gasteiger charge is -2.18. The first-order valence-electron chi connectivity index (χ1n) is 27.9. The molecule has 4 rings (SSSR count). The molecular weight excluding hydrogens is 1090 g/mol. The van der Waals surface area contributed by atoms with Crippen molar-refractivity contribution in [1.82, 2.24) is 0 Å². The highest BCUT2D eigenvalue weighted by molar-refractivity contribution is 6.11. The molecule has 0 radical (unpaired) electrons. The van der Waals surface area contributed by atoms with Crippen LogP contribution in [0.1, 0.15) is 173 Å². The second-order valence-corrected chi connectivity index (χ2v) is 20.8. The third-order valence-corrected chi connectivity index (χ3v) is 14.0. The van der Waals surface area contributed by atoms with Gasteiger partial charge in [0.05, 0.1) is 0 Å². The number of ketones is 3. The molecule has 0 amide bonds. The van der Waals surface area contributed by atoms with E-state index in [1.165, 1.54) is 18.2 Å². The van der Waals surface area contributed by atoms with Crippen molar-refractivity contribution in [2.24, 2.45) is 17.8 Å². The van der Waals surface area contributed by atoms with E-state index in [1.807, 2.05) is 0 Å². The number of rotatable bonds is 12. The molecule has 1 heterocycles. The summed E-state index contributed by atoms with van der Waals surface area (Å²) in [6.45, 7) is 0. The predicted molar refractivity (Wildman–Crippen MR) is 277 cm³/mol. The number of ether oxygens (including phenoxy) is 3. The summed E-state index contributed by atoms with van der Waals surface area (Å²) in [6.07, 6.45) is -0.832. The molecule has 9 nitrogen and oxygen atoms in total. The highest BCUT2D eigenvalue weighted by atomic mass is 19.4.